The van der Waals surface area contributed by atoms with Crippen molar-refractivity contribution in [2.24, 2.45) is 0 Å². The van der Waals surface area contributed by atoms with Crippen LogP contribution in [0.15, 0.2) is 53.6 Å². The van der Waals surface area contributed by atoms with Gasteiger partial charge in [0.05, 0.1) is 11.1 Å². The second kappa shape index (κ2) is 4.64. The van der Waals surface area contributed by atoms with E-state index in [0.717, 1.165) is 10.9 Å². The number of rotatable bonds is 3. The van der Waals surface area contributed by atoms with E-state index in [9.17, 15) is 8.42 Å². The fourth-order valence-electron chi connectivity index (χ4n) is 2.07. The van der Waals surface area contributed by atoms with Gasteiger partial charge in [-0.1, -0.05) is 36.4 Å². The van der Waals surface area contributed by atoms with Crippen LogP contribution in [0.3, 0.4) is 0 Å². The highest BCUT2D eigenvalue weighted by atomic mass is 32.2. The highest BCUT2D eigenvalue weighted by molar-refractivity contribution is 7.93. The van der Waals surface area contributed by atoms with Crippen molar-refractivity contribution in [3.05, 3.63) is 54.2 Å². The van der Waals surface area contributed by atoms with Gasteiger partial charge in [-0.3, -0.25) is 9.82 Å². The molecule has 102 valence electrons. The third kappa shape index (κ3) is 2.14. The first-order valence-electron chi connectivity index (χ1n) is 6.08. The molecule has 2 N–H and O–H groups in total. The SMILES string of the molecule is Cc1cn[nH]c1NS(=O)(=O)c1cccc2ccccc12. The monoisotopic (exact) mass is 287 g/mol. The van der Waals surface area contributed by atoms with Crippen molar-refractivity contribution < 1.29 is 8.42 Å². The molecule has 0 saturated carbocycles. The molecule has 0 aliphatic carbocycles. The fraction of sp³-hybridized carbons (Fsp3) is 0.0714. The molecule has 0 bridgehead atoms. The number of hydrogen-bond acceptors (Lipinski definition) is 3. The van der Waals surface area contributed by atoms with Gasteiger partial charge in [-0.2, -0.15) is 5.10 Å². The smallest absolute Gasteiger partial charge is 0.263 e. The summed E-state index contributed by atoms with van der Waals surface area (Å²) in [5.41, 5.74) is 0.744. The molecule has 3 aromatic rings. The van der Waals surface area contributed by atoms with Crippen molar-refractivity contribution in [1.82, 2.24) is 10.2 Å². The molecule has 1 heterocycles. The largest absolute Gasteiger partial charge is 0.263 e. The molecule has 0 aliphatic rings. The predicted molar refractivity (Wildman–Crippen MR) is 78.1 cm³/mol. The van der Waals surface area contributed by atoms with Gasteiger partial charge in [0, 0.05) is 10.9 Å². The lowest BCUT2D eigenvalue weighted by Crippen LogP contribution is -2.14. The Morgan fingerprint density at radius 1 is 1.10 bits per heavy atom. The molecule has 0 radical (unpaired) electrons. The Hall–Kier alpha value is -2.34. The number of anilines is 1. The van der Waals surface area contributed by atoms with Crippen LogP contribution in [0.2, 0.25) is 0 Å². The normalized spacial score (nSPS) is 11.7. The molecule has 2 aromatic carbocycles. The van der Waals surface area contributed by atoms with Crippen LogP contribution in [0.1, 0.15) is 5.56 Å². The van der Waals surface area contributed by atoms with Gasteiger partial charge in [0.1, 0.15) is 5.82 Å². The quantitative estimate of drug-likeness (QED) is 0.777. The molecule has 0 unspecified atom stereocenters. The fourth-order valence-corrected chi connectivity index (χ4v) is 3.39. The number of sulfonamides is 1. The summed E-state index contributed by atoms with van der Waals surface area (Å²) in [5, 5.41) is 8.03. The van der Waals surface area contributed by atoms with E-state index < -0.39 is 10.0 Å². The Morgan fingerprint density at radius 3 is 2.60 bits per heavy atom. The van der Waals surface area contributed by atoms with Crippen LogP contribution < -0.4 is 4.72 Å². The highest BCUT2D eigenvalue weighted by Gasteiger charge is 2.18. The number of fused-ring (bicyclic) bond motifs is 1. The van der Waals surface area contributed by atoms with E-state index in [1.165, 1.54) is 0 Å². The summed E-state index contributed by atoms with van der Waals surface area (Å²) in [6.45, 7) is 1.78. The average molecular weight is 287 g/mol. The van der Waals surface area contributed by atoms with Crippen molar-refractivity contribution >= 4 is 26.6 Å². The number of aromatic nitrogens is 2. The molecule has 3 rings (SSSR count). The Kier molecular flexibility index (Phi) is 2.94. The van der Waals surface area contributed by atoms with E-state index in [0.29, 0.717) is 11.2 Å². The summed E-state index contributed by atoms with van der Waals surface area (Å²) in [5.74, 6) is 0.387. The third-order valence-electron chi connectivity index (χ3n) is 3.10. The van der Waals surface area contributed by atoms with E-state index in [2.05, 4.69) is 14.9 Å². The van der Waals surface area contributed by atoms with Crippen LogP contribution in [-0.2, 0) is 10.0 Å². The second-order valence-electron chi connectivity index (χ2n) is 4.51. The summed E-state index contributed by atoms with van der Waals surface area (Å²) >= 11 is 0. The summed E-state index contributed by atoms with van der Waals surface area (Å²) in [7, 11) is -3.65. The van der Waals surface area contributed by atoms with Gasteiger partial charge in [0.15, 0.2) is 0 Å². The zero-order valence-electron chi connectivity index (χ0n) is 10.8. The molecule has 0 atom stereocenters. The minimum atomic E-state index is -3.65. The summed E-state index contributed by atoms with van der Waals surface area (Å²) < 4.78 is 27.5. The number of benzene rings is 2. The predicted octanol–water partition coefficient (Wildman–Crippen LogP) is 2.67. The Balaban J connectivity index is 2.12. The number of hydrogen-bond donors (Lipinski definition) is 2. The highest BCUT2D eigenvalue weighted by Crippen LogP contribution is 2.24. The van der Waals surface area contributed by atoms with E-state index in [4.69, 9.17) is 0 Å². The third-order valence-corrected chi connectivity index (χ3v) is 4.51. The van der Waals surface area contributed by atoms with Crippen LogP contribution in [0.5, 0.6) is 0 Å². The number of aromatic amines is 1. The first-order valence-corrected chi connectivity index (χ1v) is 7.57. The molecule has 6 heteroatoms. The minimum Gasteiger partial charge on any atom is -0.263 e. The van der Waals surface area contributed by atoms with Crippen LogP contribution >= 0.6 is 0 Å². The molecule has 0 saturated heterocycles. The number of aryl methyl sites for hydroxylation is 1. The maximum Gasteiger partial charge on any atom is 0.263 e. The summed E-state index contributed by atoms with van der Waals surface area (Å²) in [6, 6.07) is 12.6. The van der Waals surface area contributed by atoms with Crippen molar-refractivity contribution in [3.63, 3.8) is 0 Å². The van der Waals surface area contributed by atoms with Gasteiger partial charge in [0.25, 0.3) is 10.0 Å². The van der Waals surface area contributed by atoms with Crippen molar-refractivity contribution in [2.45, 2.75) is 11.8 Å². The number of nitrogens with one attached hydrogen (secondary N) is 2. The van der Waals surface area contributed by atoms with Crippen molar-refractivity contribution in [2.75, 3.05) is 4.72 Å². The number of nitrogens with zero attached hydrogens (tertiary/aromatic N) is 1. The van der Waals surface area contributed by atoms with Gasteiger partial charge < -0.3 is 0 Å². The Morgan fingerprint density at radius 2 is 1.85 bits per heavy atom. The Bertz CT molecular complexity index is 864. The van der Waals surface area contributed by atoms with Crippen LogP contribution in [0.4, 0.5) is 5.82 Å². The van der Waals surface area contributed by atoms with E-state index in [-0.39, 0.29) is 4.90 Å². The van der Waals surface area contributed by atoms with Crippen molar-refractivity contribution in [1.29, 1.82) is 0 Å². The van der Waals surface area contributed by atoms with Gasteiger partial charge in [0.2, 0.25) is 0 Å². The molecule has 0 amide bonds. The topological polar surface area (TPSA) is 74.8 Å². The lowest BCUT2D eigenvalue weighted by molar-refractivity contribution is 0.602. The van der Waals surface area contributed by atoms with Crippen LogP contribution in [-0.4, -0.2) is 18.6 Å². The molecule has 5 nitrogen and oxygen atoms in total. The lowest BCUT2D eigenvalue weighted by atomic mass is 10.1. The van der Waals surface area contributed by atoms with Gasteiger partial charge in [-0.05, 0) is 18.4 Å². The zero-order chi connectivity index (χ0) is 14.2. The second-order valence-corrected chi connectivity index (χ2v) is 6.16. The molecule has 1 aromatic heterocycles. The van der Waals surface area contributed by atoms with E-state index in [1.54, 1.807) is 31.3 Å². The Labute approximate surface area is 116 Å². The molecule has 0 spiro atoms. The van der Waals surface area contributed by atoms with Crippen LogP contribution in [0.25, 0.3) is 10.8 Å². The number of H-pyrrole nitrogens is 1. The van der Waals surface area contributed by atoms with Gasteiger partial charge in [-0.25, -0.2) is 8.42 Å². The van der Waals surface area contributed by atoms with Crippen molar-refractivity contribution in [3.8, 4) is 0 Å². The standard InChI is InChI=1S/C14H13N3O2S/c1-10-9-15-16-14(10)17-20(18,19)13-8-4-6-11-5-2-3-7-12(11)13/h2-9H,1H3,(H2,15,16,17). The summed E-state index contributed by atoms with van der Waals surface area (Å²) in [4.78, 5) is 0.254. The lowest BCUT2D eigenvalue weighted by Gasteiger charge is -2.09. The van der Waals surface area contributed by atoms with Gasteiger partial charge >= 0.3 is 0 Å². The van der Waals surface area contributed by atoms with E-state index >= 15 is 0 Å². The maximum absolute atomic E-state index is 12.5. The molecule has 0 fully saturated rings. The molecular formula is C14H13N3O2S. The first-order chi connectivity index (χ1) is 9.58. The van der Waals surface area contributed by atoms with Gasteiger partial charge in [-0.15, -0.1) is 0 Å². The van der Waals surface area contributed by atoms with E-state index in [1.807, 2.05) is 24.3 Å². The summed E-state index contributed by atoms with van der Waals surface area (Å²) in [6.07, 6.45) is 1.57. The molecule has 0 aliphatic heterocycles. The van der Waals surface area contributed by atoms with Crippen LogP contribution in [0, 0.1) is 6.92 Å². The average Bonchev–Trinajstić information content (AvgIpc) is 2.83. The molecule has 20 heavy (non-hydrogen) atoms. The minimum absolute atomic E-state index is 0.254. The first kappa shape index (κ1) is 12.7. The molecular weight excluding hydrogens is 274 g/mol. The maximum atomic E-state index is 12.5. The zero-order valence-corrected chi connectivity index (χ0v) is 11.6.